The average molecular weight is 329 g/mol. The molecule has 0 bridgehead atoms. The van der Waals surface area contributed by atoms with Crippen LogP contribution in [0.1, 0.15) is 38.6 Å². The van der Waals surface area contributed by atoms with Gasteiger partial charge in [0.05, 0.1) is 6.67 Å². The molecule has 2 aromatic rings. The van der Waals surface area contributed by atoms with Gasteiger partial charge in [-0.1, -0.05) is 6.92 Å². The van der Waals surface area contributed by atoms with Crippen LogP contribution in [0.3, 0.4) is 0 Å². The Morgan fingerprint density at radius 3 is 2.48 bits per heavy atom. The van der Waals surface area contributed by atoms with E-state index >= 15 is 0 Å². The monoisotopic (exact) mass is 329 g/mol. The second kappa shape index (κ2) is 6.17. The summed E-state index contributed by atoms with van der Waals surface area (Å²) in [4.78, 5) is 6.58. The second-order valence-electron chi connectivity index (χ2n) is 6.88. The zero-order valence-corrected chi connectivity index (χ0v) is 14.4. The Hall–Kier alpha value is -1.53. The van der Waals surface area contributed by atoms with Crippen LogP contribution in [0.15, 0.2) is 24.5 Å². The number of pyridine rings is 1. The molecule has 4 rings (SSSR count). The Morgan fingerprint density at radius 1 is 1.13 bits per heavy atom. The standard InChI is InChI=1S/C17H23N5S/c1-13-6-10-20(11-7-13)12-21-17(23)22(15-2-3-15)16(19-21)14-4-8-18-9-5-14/h4-5,8-9,13,15H,2-3,6-7,10-12H2,1H3. The highest BCUT2D eigenvalue weighted by Gasteiger charge is 2.29. The smallest absolute Gasteiger partial charge is 0.199 e. The van der Waals surface area contributed by atoms with Crippen LogP contribution in [-0.4, -0.2) is 37.3 Å². The van der Waals surface area contributed by atoms with Crippen molar-refractivity contribution in [1.29, 1.82) is 0 Å². The third-order valence-electron chi connectivity index (χ3n) is 4.93. The maximum atomic E-state index is 5.74. The van der Waals surface area contributed by atoms with Gasteiger partial charge in [-0.25, -0.2) is 4.68 Å². The highest BCUT2D eigenvalue weighted by molar-refractivity contribution is 7.71. The number of likely N-dealkylation sites (tertiary alicyclic amines) is 1. The van der Waals surface area contributed by atoms with E-state index in [0.29, 0.717) is 6.04 Å². The van der Waals surface area contributed by atoms with E-state index < -0.39 is 0 Å². The van der Waals surface area contributed by atoms with Crippen molar-refractivity contribution in [1.82, 2.24) is 24.2 Å². The van der Waals surface area contributed by atoms with Gasteiger partial charge >= 0.3 is 0 Å². The second-order valence-corrected chi connectivity index (χ2v) is 7.25. The van der Waals surface area contributed by atoms with E-state index in [4.69, 9.17) is 17.3 Å². The van der Waals surface area contributed by atoms with E-state index in [-0.39, 0.29) is 0 Å². The van der Waals surface area contributed by atoms with E-state index in [1.807, 2.05) is 29.2 Å². The summed E-state index contributed by atoms with van der Waals surface area (Å²) < 4.78 is 5.12. The molecule has 3 heterocycles. The Balaban J connectivity index is 1.64. The first-order valence-corrected chi connectivity index (χ1v) is 8.95. The topological polar surface area (TPSA) is 38.9 Å². The summed E-state index contributed by atoms with van der Waals surface area (Å²) in [6.45, 7) is 5.43. The van der Waals surface area contributed by atoms with Crippen LogP contribution in [0.2, 0.25) is 0 Å². The molecule has 1 saturated heterocycles. The van der Waals surface area contributed by atoms with Crippen LogP contribution in [0, 0.1) is 10.7 Å². The van der Waals surface area contributed by atoms with Gasteiger partial charge in [0.2, 0.25) is 0 Å². The number of hydrogen-bond donors (Lipinski definition) is 0. The molecule has 0 unspecified atom stereocenters. The van der Waals surface area contributed by atoms with Gasteiger partial charge in [-0.15, -0.1) is 0 Å². The molecule has 0 aromatic carbocycles. The SMILES string of the molecule is CC1CCN(Cn2nc(-c3ccncc3)n(C3CC3)c2=S)CC1. The molecule has 2 aliphatic rings. The normalized spacial score (nSPS) is 20.0. The molecule has 5 nitrogen and oxygen atoms in total. The van der Waals surface area contributed by atoms with Gasteiger partial charge in [0.15, 0.2) is 10.6 Å². The van der Waals surface area contributed by atoms with Gasteiger partial charge in [0.25, 0.3) is 0 Å². The first-order chi connectivity index (χ1) is 11.2. The molecule has 1 saturated carbocycles. The van der Waals surface area contributed by atoms with Gasteiger partial charge in [-0.05, 0) is 56.0 Å². The highest BCUT2D eigenvalue weighted by atomic mass is 32.1. The van der Waals surface area contributed by atoms with E-state index in [0.717, 1.165) is 41.8 Å². The minimum atomic E-state index is 0.529. The summed E-state index contributed by atoms with van der Waals surface area (Å²) in [6.07, 6.45) is 8.60. The van der Waals surface area contributed by atoms with E-state index in [1.54, 1.807) is 0 Å². The Labute approximate surface area is 142 Å². The minimum Gasteiger partial charge on any atom is -0.297 e. The summed E-state index contributed by atoms with van der Waals surface area (Å²) in [5.74, 6) is 1.83. The maximum absolute atomic E-state index is 5.74. The molecular formula is C17H23N5S. The van der Waals surface area contributed by atoms with Crippen LogP contribution in [0.4, 0.5) is 0 Å². The Morgan fingerprint density at radius 2 is 1.83 bits per heavy atom. The molecule has 0 spiro atoms. The zero-order valence-electron chi connectivity index (χ0n) is 13.6. The zero-order chi connectivity index (χ0) is 15.8. The van der Waals surface area contributed by atoms with Gasteiger partial charge in [-0.3, -0.25) is 14.5 Å². The third kappa shape index (κ3) is 3.10. The molecule has 2 fully saturated rings. The molecule has 0 amide bonds. The predicted octanol–water partition coefficient (Wildman–Crippen LogP) is 3.50. The molecule has 6 heteroatoms. The summed E-state index contributed by atoms with van der Waals surface area (Å²) in [7, 11) is 0. The fraction of sp³-hybridized carbons (Fsp3) is 0.588. The lowest BCUT2D eigenvalue weighted by atomic mass is 10.00. The minimum absolute atomic E-state index is 0.529. The number of aromatic nitrogens is 4. The van der Waals surface area contributed by atoms with E-state index in [9.17, 15) is 0 Å². The van der Waals surface area contributed by atoms with Crippen molar-refractivity contribution < 1.29 is 0 Å². The number of piperidine rings is 1. The van der Waals surface area contributed by atoms with Crippen LogP contribution in [0.5, 0.6) is 0 Å². The molecule has 0 atom stereocenters. The first kappa shape index (κ1) is 15.0. The van der Waals surface area contributed by atoms with Crippen LogP contribution < -0.4 is 0 Å². The number of hydrogen-bond acceptors (Lipinski definition) is 4. The molecule has 1 aliphatic heterocycles. The third-order valence-corrected chi connectivity index (χ3v) is 5.34. The van der Waals surface area contributed by atoms with Crippen molar-refractivity contribution in [2.75, 3.05) is 13.1 Å². The lowest BCUT2D eigenvalue weighted by Crippen LogP contribution is -2.34. The fourth-order valence-electron chi connectivity index (χ4n) is 3.26. The molecule has 1 aliphatic carbocycles. The van der Waals surface area contributed by atoms with Gasteiger partial charge in [0, 0.05) is 37.1 Å². The van der Waals surface area contributed by atoms with E-state index in [1.165, 1.54) is 25.7 Å². The number of nitrogens with zero attached hydrogens (tertiary/aromatic N) is 5. The summed E-state index contributed by atoms with van der Waals surface area (Å²) >= 11 is 5.74. The van der Waals surface area contributed by atoms with Crippen molar-refractivity contribution in [3.8, 4) is 11.4 Å². The maximum Gasteiger partial charge on any atom is 0.199 e. The lowest BCUT2D eigenvalue weighted by molar-refractivity contribution is 0.146. The molecular weight excluding hydrogens is 306 g/mol. The lowest BCUT2D eigenvalue weighted by Gasteiger charge is -2.29. The van der Waals surface area contributed by atoms with Crippen molar-refractivity contribution >= 4 is 12.2 Å². The molecule has 122 valence electrons. The van der Waals surface area contributed by atoms with Crippen LogP contribution in [0.25, 0.3) is 11.4 Å². The quantitative estimate of drug-likeness (QED) is 0.805. The molecule has 23 heavy (non-hydrogen) atoms. The average Bonchev–Trinajstić information content (AvgIpc) is 3.36. The van der Waals surface area contributed by atoms with Gasteiger partial charge < -0.3 is 0 Å². The first-order valence-electron chi connectivity index (χ1n) is 8.54. The van der Waals surface area contributed by atoms with Crippen molar-refractivity contribution in [3.05, 3.63) is 29.3 Å². The van der Waals surface area contributed by atoms with Crippen molar-refractivity contribution in [2.24, 2.45) is 5.92 Å². The fourth-order valence-corrected chi connectivity index (χ4v) is 3.60. The molecule has 2 aromatic heterocycles. The van der Waals surface area contributed by atoms with Crippen LogP contribution in [-0.2, 0) is 6.67 Å². The highest BCUT2D eigenvalue weighted by Crippen LogP contribution is 2.38. The van der Waals surface area contributed by atoms with Crippen molar-refractivity contribution in [2.45, 2.75) is 45.3 Å². The summed E-state index contributed by atoms with van der Waals surface area (Å²) in [6, 6.07) is 4.56. The van der Waals surface area contributed by atoms with Crippen molar-refractivity contribution in [3.63, 3.8) is 0 Å². The Bertz CT molecular complexity index is 723. The Kier molecular flexibility index (Phi) is 4.03. The van der Waals surface area contributed by atoms with Crippen LogP contribution >= 0.6 is 12.2 Å². The predicted molar refractivity (Wildman–Crippen MR) is 92.5 cm³/mol. The number of rotatable bonds is 4. The summed E-state index contributed by atoms with van der Waals surface area (Å²) in [5.41, 5.74) is 1.10. The largest absolute Gasteiger partial charge is 0.297 e. The molecule has 0 N–H and O–H groups in total. The molecule has 0 radical (unpaired) electrons. The van der Waals surface area contributed by atoms with E-state index in [2.05, 4.69) is 21.4 Å². The van der Waals surface area contributed by atoms with Gasteiger partial charge in [-0.2, -0.15) is 5.10 Å². The summed E-state index contributed by atoms with van der Waals surface area (Å²) in [5, 5.41) is 4.86. The van der Waals surface area contributed by atoms with Gasteiger partial charge in [0.1, 0.15) is 0 Å².